The molecule has 1 heterocycles. The molecule has 2 rings (SSSR count). The molecule has 2 N–H and O–H groups in total. The standard InChI is InChI=1S/C15H22N2O/c1-11-6-4-7-13(12(11)2)17-14(18)15(3)8-5-9-16-10-15/h4,6-7,16H,5,8-10H2,1-3H3,(H,17,18). The zero-order chi connectivity index (χ0) is 13.2. The van der Waals surface area contributed by atoms with Crippen molar-refractivity contribution in [1.82, 2.24) is 5.32 Å². The maximum atomic E-state index is 12.4. The van der Waals surface area contributed by atoms with Crippen LogP contribution in [0, 0.1) is 19.3 Å². The van der Waals surface area contributed by atoms with Gasteiger partial charge in [0.1, 0.15) is 0 Å². The minimum Gasteiger partial charge on any atom is -0.325 e. The fourth-order valence-electron chi connectivity index (χ4n) is 2.41. The highest BCUT2D eigenvalue weighted by atomic mass is 16.2. The van der Waals surface area contributed by atoms with Gasteiger partial charge in [0, 0.05) is 12.2 Å². The molecule has 1 atom stereocenters. The summed E-state index contributed by atoms with van der Waals surface area (Å²) >= 11 is 0. The van der Waals surface area contributed by atoms with Gasteiger partial charge in [0.2, 0.25) is 5.91 Å². The average molecular weight is 246 g/mol. The van der Waals surface area contributed by atoms with Crippen molar-refractivity contribution < 1.29 is 4.79 Å². The van der Waals surface area contributed by atoms with Crippen LogP contribution in [0.3, 0.4) is 0 Å². The number of rotatable bonds is 2. The Labute approximate surface area is 109 Å². The third-order valence-corrected chi connectivity index (χ3v) is 4.00. The first-order chi connectivity index (χ1) is 8.53. The number of carbonyl (C=O) groups excluding carboxylic acids is 1. The molecule has 18 heavy (non-hydrogen) atoms. The van der Waals surface area contributed by atoms with Gasteiger partial charge < -0.3 is 10.6 Å². The van der Waals surface area contributed by atoms with Crippen LogP contribution in [0.25, 0.3) is 0 Å². The zero-order valence-corrected chi connectivity index (χ0v) is 11.5. The SMILES string of the molecule is Cc1cccc(NC(=O)C2(C)CCCNC2)c1C. The number of benzene rings is 1. The molecule has 1 amide bonds. The molecule has 1 aliphatic rings. The largest absolute Gasteiger partial charge is 0.325 e. The van der Waals surface area contributed by atoms with Gasteiger partial charge in [-0.25, -0.2) is 0 Å². The van der Waals surface area contributed by atoms with Gasteiger partial charge in [0.15, 0.2) is 0 Å². The zero-order valence-electron chi connectivity index (χ0n) is 11.5. The Bertz CT molecular complexity index is 448. The van der Waals surface area contributed by atoms with Gasteiger partial charge in [-0.3, -0.25) is 4.79 Å². The van der Waals surface area contributed by atoms with Crippen molar-refractivity contribution in [3.63, 3.8) is 0 Å². The number of piperidine rings is 1. The van der Waals surface area contributed by atoms with Crippen molar-refractivity contribution in [1.29, 1.82) is 0 Å². The third-order valence-electron chi connectivity index (χ3n) is 4.00. The van der Waals surface area contributed by atoms with Gasteiger partial charge in [0.05, 0.1) is 5.41 Å². The van der Waals surface area contributed by atoms with Crippen LogP contribution in [0.15, 0.2) is 18.2 Å². The molecule has 1 aliphatic heterocycles. The minimum absolute atomic E-state index is 0.128. The molecule has 0 aliphatic carbocycles. The topological polar surface area (TPSA) is 41.1 Å². The fourth-order valence-corrected chi connectivity index (χ4v) is 2.41. The fraction of sp³-hybridized carbons (Fsp3) is 0.533. The number of aryl methyl sites for hydroxylation is 1. The number of nitrogens with one attached hydrogen (secondary N) is 2. The maximum absolute atomic E-state index is 12.4. The molecule has 0 saturated carbocycles. The van der Waals surface area contributed by atoms with Crippen molar-refractivity contribution in [2.24, 2.45) is 5.41 Å². The van der Waals surface area contributed by atoms with Gasteiger partial charge >= 0.3 is 0 Å². The number of hydrogen-bond donors (Lipinski definition) is 2. The second-order valence-corrected chi connectivity index (χ2v) is 5.54. The Balaban J connectivity index is 2.13. The number of amides is 1. The summed E-state index contributed by atoms with van der Waals surface area (Å²) in [4.78, 5) is 12.4. The average Bonchev–Trinajstić information content (AvgIpc) is 2.36. The number of anilines is 1. The Morgan fingerprint density at radius 1 is 1.39 bits per heavy atom. The van der Waals surface area contributed by atoms with E-state index in [4.69, 9.17) is 0 Å². The molecule has 0 radical (unpaired) electrons. The Hall–Kier alpha value is -1.35. The van der Waals surface area contributed by atoms with E-state index in [1.165, 1.54) is 5.56 Å². The summed E-state index contributed by atoms with van der Waals surface area (Å²) in [5.74, 6) is 0.128. The first-order valence-electron chi connectivity index (χ1n) is 6.61. The van der Waals surface area contributed by atoms with Crippen LogP contribution in [0.2, 0.25) is 0 Å². The predicted molar refractivity (Wildman–Crippen MR) is 74.8 cm³/mol. The number of hydrogen-bond acceptors (Lipinski definition) is 2. The van der Waals surface area contributed by atoms with Crippen LogP contribution < -0.4 is 10.6 Å². The van der Waals surface area contributed by atoms with Crippen molar-refractivity contribution in [2.75, 3.05) is 18.4 Å². The van der Waals surface area contributed by atoms with E-state index >= 15 is 0 Å². The minimum atomic E-state index is -0.283. The molecule has 98 valence electrons. The summed E-state index contributed by atoms with van der Waals surface area (Å²) in [5, 5.41) is 6.39. The number of carbonyl (C=O) groups is 1. The molecule has 1 fully saturated rings. The van der Waals surface area contributed by atoms with E-state index < -0.39 is 0 Å². The Morgan fingerprint density at radius 3 is 2.83 bits per heavy atom. The van der Waals surface area contributed by atoms with Gasteiger partial charge in [-0.2, -0.15) is 0 Å². The lowest BCUT2D eigenvalue weighted by Gasteiger charge is -2.32. The monoisotopic (exact) mass is 246 g/mol. The van der Waals surface area contributed by atoms with Gasteiger partial charge in [-0.1, -0.05) is 12.1 Å². The molecule has 1 aromatic carbocycles. The predicted octanol–water partition coefficient (Wildman–Crippen LogP) is 2.63. The first kappa shape index (κ1) is 13.1. The molecule has 0 spiro atoms. The summed E-state index contributed by atoms with van der Waals surface area (Å²) in [6.45, 7) is 7.94. The van der Waals surface area contributed by atoms with Crippen molar-refractivity contribution in [2.45, 2.75) is 33.6 Å². The van der Waals surface area contributed by atoms with Crippen LogP contribution in [0.1, 0.15) is 30.9 Å². The van der Waals surface area contributed by atoms with E-state index in [1.807, 2.05) is 26.0 Å². The van der Waals surface area contributed by atoms with Gasteiger partial charge in [-0.05, 0) is 57.4 Å². The first-order valence-corrected chi connectivity index (χ1v) is 6.61. The molecule has 0 aromatic heterocycles. The lowest BCUT2D eigenvalue weighted by atomic mass is 9.82. The second kappa shape index (κ2) is 5.11. The van der Waals surface area contributed by atoms with E-state index in [1.54, 1.807) is 0 Å². The third kappa shape index (κ3) is 2.56. The van der Waals surface area contributed by atoms with Crippen LogP contribution in [0.4, 0.5) is 5.69 Å². The van der Waals surface area contributed by atoms with Crippen molar-refractivity contribution in [3.8, 4) is 0 Å². The van der Waals surface area contributed by atoms with Crippen LogP contribution >= 0.6 is 0 Å². The van der Waals surface area contributed by atoms with Crippen LogP contribution in [-0.4, -0.2) is 19.0 Å². The summed E-state index contributed by atoms with van der Waals surface area (Å²) in [6, 6.07) is 6.02. The molecule has 1 saturated heterocycles. The lowest BCUT2D eigenvalue weighted by molar-refractivity contribution is -0.125. The van der Waals surface area contributed by atoms with E-state index in [2.05, 4.69) is 23.6 Å². The maximum Gasteiger partial charge on any atom is 0.231 e. The molecule has 3 heteroatoms. The van der Waals surface area contributed by atoms with Crippen LogP contribution in [-0.2, 0) is 4.79 Å². The molecule has 3 nitrogen and oxygen atoms in total. The quantitative estimate of drug-likeness (QED) is 0.842. The second-order valence-electron chi connectivity index (χ2n) is 5.54. The Morgan fingerprint density at radius 2 is 2.17 bits per heavy atom. The lowest BCUT2D eigenvalue weighted by Crippen LogP contribution is -2.46. The smallest absolute Gasteiger partial charge is 0.231 e. The molecule has 1 unspecified atom stereocenters. The normalized spacial score (nSPS) is 23.7. The highest BCUT2D eigenvalue weighted by Gasteiger charge is 2.34. The molecule has 0 bridgehead atoms. The highest BCUT2D eigenvalue weighted by molar-refractivity contribution is 5.96. The van der Waals surface area contributed by atoms with E-state index in [0.29, 0.717) is 0 Å². The molecular weight excluding hydrogens is 224 g/mol. The highest BCUT2D eigenvalue weighted by Crippen LogP contribution is 2.28. The van der Waals surface area contributed by atoms with Gasteiger partial charge in [0.25, 0.3) is 0 Å². The van der Waals surface area contributed by atoms with Crippen molar-refractivity contribution in [3.05, 3.63) is 29.3 Å². The van der Waals surface area contributed by atoms with E-state index in [-0.39, 0.29) is 11.3 Å². The van der Waals surface area contributed by atoms with E-state index in [9.17, 15) is 4.79 Å². The Kier molecular flexibility index (Phi) is 3.71. The molecular formula is C15H22N2O. The van der Waals surface area contributed by atoms with Crippen molar-refractivity contribution >= 4 is 11.6 Å². The summed E-state index contributed by atoms with van der Waals surface area (Å²) in [6.07, 6.45) is 2.02. The summed E-state index contributed by atoms with van der Waals surface area (Å²) in [5.41, 5.74) is 3.01. The van der Waals surface area contributed by atoms with Gasteiger partial charge in [-0.15, -0.1) is 0 Å². The summed E-state index contributed by atoms with van der Waals surface area (Å²) in [7, 11) is 0. The van der Waals surface area contributed by atoms with E-state index in [0.717, 1.165) is 37.2 Å². The van der Waals surface area contributed by atoms with Crippen LogP contribution in [0.5, 0.6) is 0 Å². The summed E-state index contributed by atoms with van der Waals surface area (Å²) < 4.78 is 0. The molecule has 1 aromatic rings.